The van der Waals surface area contributed by atoms with Gasteiger partial charge < -0.3 is 14.4 Å². The second kappa shape index (κ2) is 6.93. The molecule has 0 unspecified atom stereocenters. The molecule has 2 atom stereocenters. The van der Waals surface area contributed by atoms with Crippen molar-refractivity contribution in [2.45, 2.75) is 37.4 Å². The van der Waals surface area contributed by atoms with E-state index in [0.29, 0.717) is 19.7 Å². The highest BCUT2D eigenvalue weighted by molar-refractivity contribution is 7.86. The van der Waals surface area contributed by atoms with Crippen LogP contribution in [0, 0.1) is 0 Å². The number of hydrogen-bond acceptors (Lipinski definition) is 5. The first-order valence-corrected chi connectivity index (χ1v) is 9.97. The van der Waals surface area contributed by atoms with E-state index in [-0.39, 0.29) is 11.7 Å². The second-order valence-electron chi connectivity index (χ2n) is 7.11. The topological polar surface area (TPSA) is 62.3 Å². The second-order valence-corrected chi connectivity index (χ2v) is 9.26. The molecule has 0 aliphatic carbocycles. The molecular formula is C15H29N3O4S. The van der Waals surface area contributed by atoms with E-state index in [1.165, 1.54) is 34.5 Å². The normalized spacial score (nSPS) is 33.4. The Kier molecular flexibility index (Phi) is 5.30. The molecule has 134 valence electrons. The molecule has 8 heteroatoms. The maximum Gasteiger partial charge on any atom is 0.281 e. The van der Waals surface area contributed by atoms with Crippen LogP contribution in [0.3, 0.4) is 0 Å². The number of hydrogen-bond donors (Lipinski definition) is 0. The van der Waals surface area contributed by atoms with Crippen LogP contribution < -0.4 is 0 Å². The third kappa shape index (κ3) is 3.88. The lowest BCUT2D eigenvalue weighted by Gasteiger charge is -2.25. The van der Waals surface area contributed by atoms with Crippen LogP contribution in [-0.2, 0) is 19.7 Å². The fourth-order valence-electron chi connectivity index (χ4n) is 3.78. The summed E-state index contributed by atoms with van der Waals surface area (Å²) in [6, 6.07) is 0. The molecule has 23 heavy (non-hydrogen) atoms. The Labute approximate surface area is 139 Å². The lowest BCUT2D eigenvalue weighted by atomic mass is 9.98. The van der Waals surface area contributed by atoms with Gasteiger partial charge in [0.05, 0.1) is 24.9 Å². The van der Waals surface area contributed by atoms with Gasteiger partial charge in [0.1, 0.15) is 0 Å². The van der Waals surface area contributed by atoms with Gasteiger partial charge in [-0.2, -0.15) is 17.0 Å². The summed E-state index contributed by atoms with van der Waals surface area (Å²) >= 11 is 0. The quantitative estimate of drug-likeness (QED) is 0.684. The van der Waals surface area contributed by atoms with Crippen molar-refractivity contribution in [3.8, 4) is 0 Å². The number of nitrogens with zero attached hydrogens (tertiary/aromatic N) is 3. The molecule has 0 radical (unpaired) electrons. The lowest BCUT2D eigenvalue weighted by molar-refractivity contribution is 0.00342. The van der Waals surface area contributed by atoms with Gasteiger partial charge in [-0.05, 0) is 32.4 Å². The zero-order chi connectivity index (χ0) is 16.5. The molecule has 0 N–H and O–H groups in total. The maximum absolute atomic E-state index is 12.2. The van der Waals surface area contributed by atoms with Gasteiger partial charge in [0, 0.05) is 40.2 Å². The van der Waals surface area contributed by atoms with Crippen LogP contribution in [0.2, 0.25) is 0 Å². The molecule has 7 nitrogen and oxygen atoms in total. The molecule has 3 heterocycles. The lowest BCUT2D eigenvalue weighted by Crippen LogP contribution is -2.41. The Bertz CT molecular complexity index is 507. The summed E-state index contributed by atoms with van der Waals surface area (Å²) in [5.41, 5.74) is -0.346. The van der Waals surface area contributed by atoms with Gasteiger partial charge in [0.25, 0.3) is 10.2 Å². The highest BCUT2D eigenvalue weighted by atomic mass is 32.2. The largest absolute Gasteiger partial charge is 0.374 e. The van der Waals surface area contributed by atoms with E-state index >= 15 is 0 Å². The van der Waals surface area contributed by atoms with E-state index in [2.05, 4.69) is 4.90 Å². The average Bonchev–Trinajstić information content (AvgIpc) is 3.22. The first-order valence-electron chi connectivity index (χ1n) is 8.57. The molecule has 1 spiro atoms. The SMILES string of the molecule is CN(C)S(=O)(=O)N1CC[C@@]2(C[C@H](OCCN3CCCC3)CO2)C1. The predicted molar refractivity (Wildman–Crippen MR) is 87.5 cm³/mol. The third-order valence-corrected chi connectivity index (χ3v) is 7.09. The molecule has 0 aromatic rings. The van der Waals surface area contributed by atoms with Crippen molar-refractivity contribution in [3.63, 3.8) is 0 Å². The fraction of sp³-hybridized carbons (Fsp3) is 1.00. The first-order chi connectivity index (χ1) is 10.9. The Balaban J connectivity index is 1.46. The third-order valence-electron chi connectivity index (χ3n) is 5.20. The van der Waals surface area contributed by atoms with Gasteiger partial charge in [-0.15, -0.1) is 0 Å². The number of ether oxygens (including phenoxy) is 2. The van der Waals surface area contributed by atoms with Gasteiger partial charge in [-0.1, -0.05) is 0 Å². The Morgan fingerprint density at radius 3 is 2.70 bits per heavy atom. The standard InChI is InChI=1S/C15H29N3O4S/c1-16(2)23(19,20)18-8-5-15(13-18)11-14(12-22-15)21-10-9-17-6-3-4-7-17/h14H,3-13H2,1-2H3/t14-,15+/m0/s1. The molecule has 0 saturated carbocycles. The zero-order valence-electron chi connectivity index (χ0n) is 14.2. The molecule has 3 saturated heterocycles. The van der Waals surface area contributed by atoms with Gasteiger partial charge >= 0.3 is 0 Å². The Hall–Kier alpha value is -0.250. The minimum atomic E-state index is -3.35. The van der Waals surface area contributed by atoms with Crippen molar-refractivity contribution in [2.24, 2.45) is 0 Å². The van der Waals surface area contributed by atoms with E-state index in [0.717, 1.165) is 26.0 Å². The van der Waals surface area contributed by atoms with Crippen LogP contribution >= 0.6 is 0 Å². The molecule has 0 aromatic heterocycles. The molecule has 0 amide bonds. The van der Waals surface area contributed by atoms with Crippen LogP contribution in [0.5, 0.6) is 0 Å². The Morgan fingerprint density at radius 2 is 2.00 bits per heavy atom. The van der Waals surface area contributed by atoms with Crippen LogP contribution in [-0.4, -0.2) is 93.7 Å². The number of rotatable bonds is 6. The summed E-state index contributed by atoms with van der Waals surface area (Å²) in [5, 5.41) is 0. The van der Waals surface area contributed by atoms with Crippen molar-refractivity contribution in [1.29, 1.82) is 0 Å². The summed E-state index contributed by atoms with van der Waals surface area (Å²) in [7, 11) is -0.207. The molecule has 3 rings (SSSR count). The summed E-state index contributed by atoms with van der Waals surface area (Å²) in [5.74, 6) is 0. The van der Waals surface area contributed by atoms with Crippen molar-refractivity contribution in [1.82, 2.24) is 13.5 Å². The molecule has 3 aliphatic heterocycles. The maximum atomic E-state index is 12.2. The van der Waals surface area contributed by atoms with E-state index in [9.17, 15) is 8.42 Å². The van der Waals surface area contributed by atoms with Gasteiger partial charge in [-0.3, -0.25) is 0 Å². The molecular weight excluding hydrogens is 318 g/mol. The van der Waals surface area contributed by atoms with E-state index in [1.54, 1.807) is 14.1 Å². The predicted octanol–water partition coefficient (Wildman–Crippen LogP) is 0.139. The number of likely N-dealkylation sites (tertiary alicyclic amines) is 1. The van der Waals surface area contributed by atoms with Crippen LogP contribution in [0.4, 0.5) is 0 Å². The Morgan fingerprint density at radius 1 is 1.26 bits per heavy atom. The van der Waals surface area contributed by atoms with Crippen LogP contribution in [0.15, 0.2) is 0 Å². The van der Waals surface area contributed by atoms with E-state index < -0.39 is 10.2 Å². The highest BCUT2D eigenvalue weighted by Gasteiger charge is 2.49. The summed E-state index contributed by atoms with van der Waals surface area (Å²) < 4.78 is 39.2. The fourth-order valence-corrected chi connectivity index (χ4v) is 4.97. The van der Waals surface area contributed by atoms with Gasteiger partial charge in [-0.25, -0.2) is 0 Å². The van der Waals surface area contributed by atoms with Crippen LogP contribution in [0.25, 0.3) is 0 Å². The smallest absolute Gasteiger partial charge is 0.281 e. The molecule has 0 aromatic carbocycles. The summed E-state index contributed by atoms with van der Waals surface area (Å²) in [6.07, 6.45) is 4.25. The van der Waals surface area contributed by atoms with E-state index in [1.807, 2.05) is 0 Å². The van der Waals surface area contributed by atoms with Crippen molar-refractivity contribution in [2.75, 3.05) is 60.0 Å². The van der Waals surface area contributed by atoms with Gasteiger partial charge in [0.15, 0.2) is 0 Å². The van der Waals surface area contributed by atoms with E-state index in [4.69, 9.17) is 9.47 Å². The summed E-state index contributed by atoms with van der Waals surface area (Å²) in [6.45, 7) is 5.66. The monoisotopic (exact) mass is 347 g/mol. The highest BCUT2D eigenvalue weighted by Crippen LogP contribution is 2.37. The van der Waals surface area contributed by atoms with Crippen molar-refractivity contribution < 1.29 is 17.9 Å². The minimum Gasteiger partial charge on any atom is -0.374 e. The first kappa shape index (κ1) is 17.6. The zero-order valence-corrected chi connectivity index (χ0v) is 15.1. The van der Waals surface area contributed by atoms with Gasteiger partial charge in [0.2, 0.25) is 0 Å². The molecule has 0 bridgehead atoms. The summed E-state index contributed by atoms with van der Waals surface area (Å²) in [4.78, 5) is 2.44. The van der Waals surface area contributed by atoms with Crippen LogP contribution in [0.1, 0.15) is 25.7 Å². The molecule has 3 aliphatic rings. The van der Waals surface area contributed by atoms with Crippen molar-refractivity contribution in [3.05, 3.63) is 0 Å². The minimum absolute atomic E-state index is 0.0969. The van der Waals surface area contributed by atoms with Crippen molar-refractivity contribution >= 4 is 10.2 Å². The molecule has 3 fully saturated rings. The average molecular weight is 347 g/mol.